The smallest absolute Gasteiger partial charge is 0.456 e. The number of hydrogen-bond donors (Lipinski definition) is 2. The summed E-state index contributed by atoms with van der Waals surface area (Å²) >= 11 is 0. The maximum absolute atomic E-state index is 10.2. The molecule has 6 aromatic rings. The lowest BCUT2D eigenvalue weighted by Gasteiger charge is -2.42. The Hall–Kier alpha value is -4.32. The van der Waals surface area contributed by atoms with Gasteiger partial charge < -0.3 is 19.4 Å². The third-order valence-electron chi connectivity index (χ3n) is 7.81. The summed E-state index contributed by atoms with van der Waals surface area (Å²) in [5, 5.41) is 22.7. The molecule has 38 heavy (non-hydrogen) atoms. The van der Waals surface area contributed by atoms with Crippen LogP contribution in [0.25, 0.3) is 33.1 Å². The predicted octanol–water partition coefficient (Wildman–Crippen LogP) is 7.04. The molecular formula is C33H26BNO3. The average Bonchev–Trinajstić information content (AvgIpc) is 3.32. The molecule has 2 heterocycles. The van der Waals surface area contributed by atoms with Crippen LogP contribution in [-0.4, -0.2) is 17.2 Å². The highest BCUT2D eigenvalue weighted by molar-refractivity contribution is 6.59. The molecule has 0 spiro atoms. The molecule has 4 nitrogen and oxygen atoms in total. The summed E-state index contributed by atoms with van der Waals surface area (Å²) in [5.74, 6) is 0. The van der Waals surface area contributed by atoms with Gasteiger partial charge in [-0.2, -0.15) is 0 Å². The van der Waals surface area contributed by atoms with Crippen molar-refractivity contribution in [3.05, 3.63) is 120 Å². The first-order valence-corrected chi connectivity index (χ1v) is 12.8. The number of fused-ring (bicyclic) bond motifs is 6. The summed E-state index contributed by atoms with van der Waals surface area (Å²) in [6.07, 6.45) is 0. The average molecular weight is 495 g/mol. The molecule has 0 amide bonds. The van der Waals surface area contributed by atoms with Crippen molar-refractivity contribution < 1.29 is 14.5 Å². The maximum atomic E-state index is 10.2. The molecular weight excluding hydrogens is 469 g/mol. The van der Waals surface area contributed by atoms with E-state index in [1.807, 2.05) is 60.7 Å². The van der Waals surface area contributed by atoms with Crippen LogP contribution in [-0.2, 0) is 5.41 Å². The maximum Gasteiger partial charge on any atom is 0.488 e. The first-order valence-electron chi connectivity index (χ1n) is 12.8. The molecule has 5 aromatic carbocycles. The Morgan fingerprint density at radius 3 is 2.24 bits per heavy atom. The van der Waals surface area contributed by atoms with E-state index in [2.05, 4.69) is 67.3 Å². The van der Waals surface area contributed by atoms with Gasteiger partial charge in [0.15, 0.2) is 0 Å². The first kappa shape index (κ1) is 22.8. The van der Waals surface area contributed by atoms with Crippen LogP contribution in [0, 0.1) is 0 Å². The second-order valence-electron chi connectivity index (χ2n) is 10.5. The lowest BCUT2D eigenvalue weighted by atomic mass is 9.71. The van der Waals surface area contributed by atoms with Gasteiger partial charge in [0.1, 0.15) is 11.2 Å². The lowest BCUT2D eigenvalue weighted by Crippen LogP contribution is -2.33. The van der Waals surface area contributed by atoms with E-state index in [0.717, 1.165) is 50.1 Å². The zero-order chi connectivity index (χ0) is 26.0. The number of furan rings is 1. The number of hydrogen-bond acceptors (Lipinski definition) is 4. The van der Waals surface area contributed by atoms with Crippen LogP contribution >= 0.6 is 0 Å². The van der Waals surface area contributed by atoms with Gasteiger partial charge in [-0.15, -0.1) is 0 Å². The minimum absolute atomic E-state index is 0.301. The topological polar surface area (TPSA) is 56.8 Å². The molecule has 0 atom stereocenters. The third kappa shape index (κ3) is 3.33. The van der Waals surface area contributed by atoms with E-state index >= 15 is 0 Å². The molecule has 1 aromatic heterocycles. The zero-order valence-corrected chi connectivity index (χ0v) is 21.2. The fourth-order valence-electron chi connectivity index (χ4n) is 6.07. The van der Waals surface area contributed by atoms with Crippen LogP contribution in [0.15, 0.2) is 114 Å². The van der Waals surface area contributed by atoms with Gasteiger partial charge in [0.25, 0.3) is 0 Å². The highest BCUT2D eigenvalue weighted by Gasteiger charge is 2.39. The van der Waals surface area contributed by atoms with Crippen LogP contribution in [0.1, 0.15) is 25.0 Å². The number of para-hydroxylation sites is 2. The van der Waals surface area contributed by atoms with Crippen molar-refractivity contribution in [2.75, 3.05) is 4.90 Å². The van der Waals surface area contributed by atoms with Gasteiger partial charge in [0, 0.05) is 21.9 Å². The molecule has 0 fully saturated rings. The molecule has 1 aliphatic rings. The summed E-state index contributed by atoms with van der Waals surface area (Å²) < 4.78 is 6.28. The Morgan fingerprint density at radius 2 is 1.42 bits per heavy atom. The van der Waals surface area contributed by atoms with Gasteiger partial charge >= 0.3 is 7.12 Å². The van der Waals surface area contributed by atoms with Crippen LogP contribution in [0.3, 0.4) is 0 Å². The Kier molecular flexibility index (Phi) is 5.02. The van der Waals surface area contributed by atoms with Crippen molar-refractivity contribution in [3.8, 4) is 11.1 Å². The van der Waals surface area contributed by atoms with Crippen molar-refractivity contribution in [1.82, 2.24) is 0 Å². The molecule has 0 saturated carbocycles. The SMILES string of the molecule is CC1(C)c2ccccc2N(c2cc(B(O)O)cc(-c3ccccc3)c2)c2ccc3oc4ccccc4c3c21. The summed E-state index contributed by atoms with van der Waals surface area (Å²) in [6.45, 7) is 4.54. The minimum Gasteiger partial charge on any atom is -0.456 e. The number of anilines is 3. The molecule has 1 aliphatic heterocycles. The van der Waals surface area contributed by atoms with Crippen molar-refractivity contribution in [2.24, 2.45) is 0 Å². The fraction of sp³-hybridized carbons (Fsp3) is 0.0909. The van der Waals surface area contributed by atoms with Crippen LogP contribution in [0.2, 0.25) is 0 Å². The molecule has 7 rings (SSSR count). The van der Waals surface area contributed by atoms with Gasteiger partial charge in [0.05, 0.1) is 11.4 Å². The monoisotopic (exact) mass is 495 g/mol. The third-order valence-corrected chi connectivity index (χ3v) is 7.81. The Balaban J connectivity index is 1.57. The summed E-state index contributed by atoms with van der Waals surface area (Å²) in [6, 6.07) is 36.7. The molecule has 5 heteroatoms. The molecule has 184 valence electrons. The Bertz CT molecular complexity index is 1840. The van der Waals surface area contributed by atoms with E-state index in [4.69, 9.17) is 4.42 Å². The van der Waals surface area contributed by atoms with Gasteiger partial charge in [-0.25, -0.2) is 0 Å². The molecule has 0 saturated heterocycles. The Labute approximate surface area is 221 Å². The molecule has 0 radical (unpaired) electrons. The summed E-state index contributed by atoms with van der Waals surface area (Å²) in [4.78, 5) is 2.25. The number of rotatable bonds is 3. The number of benzene rings is 5. The van der Waals surface area contributed by atoms with Crippen molar-refractivity contribution in [2.45, 2.75) is 19.3 Å². The summed E-state index contributed by atoms with van der Waals surface area (Å²) in [7, 11) is -1.59. The number of nitrogens with zero attached hydrogens (tertiary/aromatic N) is 1. The van der Waals surface area contributed by atoms with Crippen LogP contribution < -0.4 is 10.4 Å². The van der Waals surface area contributed by atoms with Gasteiger partial charge in [-0.1, -0.05) is 86.6 Å². The second-order valence-corrected chi connectivity index (χ2v) is 10.5. The van der Waals surface area contributed by atoms with Crippen molar-refractivity contribution in [3.63, 3.8) is 0 Å². The largest absolute Gasteiger partial charge is 0.488 e. The van der Waals surface area contributed by atoms with Gasteiger partial charge in [-0.05, 0) is 64.1 Å². The quantitative estimate of drug-likeness (QED) is 0.259. The molecule has 0 aliphatic carbocycles. The molecule has 2 N–H and O–H groups in total. The fourth-order valence-corrected chi connectivity index (χ4v) is 6.07. The van der Waals surface area contributed by atoms with Crippen molar-refractivity contribution >= 4 is 51.6 Å². The van der Waals surface area contributed by atoms with Crippen molar-refractivity contribution in [1.29, 1.82) is 0 Å². The van der Waals surface area contributed by atoms with E-state index < -0.39 is 7.12 Å². The lowest BCUT2D eigenvalue weighted by molar-refractivity contribution is 0.426. The standard InChI is InChI=1S/C33H26BNO3/c1-33(2)26-13-7-8-14-27(26)35(24-19-22(18-23(20-24)34(36)37)21-10-4-3-5-11-21)28-16-17-30-31(32(28)33)25-12-6-9-15-29(25)38-30/h3-20,36-37H,1-2H3. The van der Waals surface area contributed by atoms with Crippen LogP contribution in [0.5, 0.6) is 0 Å². The normalized spacial score (nSPS) is 13.9. The highest BCUT2D eigenvalue weighted by Crippen LogP contribution is 2.55. The van der Waals surface area contributed by atoms with Gasteiger partial charge in [0.2, 0.25) is 0 Å². The minimum atomic E-state index is -1.59. The van der Waals surface area contributed by atoms with Gasteiger partial charge in [-0.3, -0.25) is 0 Å². The molecule has 0 bridgehead atoms. The highest BCUT2D eigenvalue weighted by atomic mass is 16.4. The van der Waals surface area contributed by atoms with E-state index in [1.165, 1.54) is 11.1 Å². The second kappa shape index (κ2) is 8.35. The summed E-state index contributed by atoms with van der Waals surface area (Å²) in [5.41, 5.74) is 9.18. The van der Waals surface area contributed by atoms with E-state index in [1.54, 1.807) is 0 Å². The van der Waals surface area contributed by atoms with E-state index in [9.17, 15) is 10.0 Å². The molecule has 0 unspecified atom stereocenters. The first-order chi connectivity index (χ1) is 18.4. The Morgan fingerprint density at radius 1 is 0.684 bits per heavy atom. The van der Waals surface area contributed by atoms with Crippen LogP contribution in [0.4, 0.5) is 17.1 Å². The van der Waals surface area contributed by atoms with E-state index in [-0.39, 0.29) is 5.41 Å². The predicted molar refractivity (Wildman–Crippen MR) is 156 cm³/mol. The zero-order valence-electron chi connectivity index (χ0n) is 21.2. The van der Waals surface area contributed by atoms with E-state index in [0.29, 0.717) is 5.46 Å².